The Hall–Kier alpha value is -0.840. The molecule has 0 aliphatic rings. The minimum atomic E-state index is 0.678. The predicted octanol–water partition coefficient (Wildman–Crippen LogP) is 2.71. The molecule has 2 aromatic rings. The van der Waals surface area contributed by atoms with Crippen molar-refractivity contribution in [3.05, 3.63) is 22.7 Å². The van der Waals surface area contributed by atoms with Gasteiger partial charge in [-0.05, 0) is 25.1 Å². The summed E-state index contributed by atoms with van der Waals surface area (Å²) in [5, 5.41) is 3.99. The molecule has 3 nitrogen and oxygen atoms in total. The van der Waals surface area contributed by atoms with Gasteiger partial charge in [-0.15, -0.1) is 11.3 Å². The number of hydrogen-bond donors (Lipinski definition) is 2. The zero-order chi connectivity index (χ0) is 10.7. The summed E-state index contributed by atoms with van der Waals surface area (Å²) < 4.78 is 1.15. The second kappa shape index (κ2) is 4.79. The van der Waals surface area contributed by atoms with Crippen molar-refractivity contribution < 1.29 is 0 Å². The predicted molar refractivity (Wildman–Crippen MR) is 66.8 cm³/mol. The van der Waals surface area contributed by atoms with E-state index in [1.54, 1.807) is 11.3 Å². The van der Waals surface area contributed by atoms with Crippen molar-refractivity contribution in [2.75, 3.05) is 18.4 Å². The number of fused-ring (bicyclic) bond motifs is 1. The number of rotatable bonds is 4. The molecule has 0 bridgehead atoms. The molecular weight excluding hydrogens is 230 g/mol. The molecule has 1 aromatic heterocycles. The van der Waals surface area contributed by atoms with Gasteiger partial charge in [-0.25, -0.2) is 4.98 Å². The SMILES string of the molecule is NCCCNc1c(Cl)ccc2scnc12. The number of thiazole rings is 1. The minimum absolute atomic E-state index is 0.678. The van der Waals surface area contributed by atoms with Crippen molar-refractivity contribution in [2.24, 2.45) is 5.73 Å². The van der Waals surface area contributed by atoms with Gasteiger partial charge in [0.1, 0.15) is 5.52 Å². The zero-order valence-corrected chi connectivity index (χ0v) is 9.74. The lowest BCUT2D eigenvalue weighted by molar-refractivity contribution is 0.875. The normalized spacial score (nSPS) is 10.8. The van der Waals surface area contributed by atoms with Gasteiger partial charge in [-0.2, -0.15) is 0 Å². The molecule has 0 unspecified atom stereocenters. The van der Waals surface area contributed by atoms with E-state index in [0.29, 0.717) is 11.6 Å². The number of nitrogens with two attached hydrogens (primary N) is 1. The highest BCUT2D eigenvalue weighted by Gasteiger charge is 2.07. The first kappa shape index (κ1) is 10.7. The molecule has 5 heteroatoms. The summed E-state index contributed by atoms with van der Waals surface area (Å²) in [4.78, 5) is 4.30. The molecule has 0 aliphatic heterocycles. The van der Waals surface area contributed by atoms with Crippen LogP contribution in [0.4, 0.5) is 5.69 Å². The average Bonchev–Trinajstić information content (AvgIpc) is 2.69. The van der Waals surface area contributed by atoms with E-state index < -0.39 is 0 Å². The molecule has 0 amide bonds. The maximum absolute atomic E-state index is 6.11. The van der Waals surface area contributed by atoms with Crippen LogP contribution in [0.5, 0.6) is 0 Å². The van der Waals surface area contributed by atoms with E-state index >= 15 is 0 Å². The summed E-state index contributed by atoms with van der Waals surface area (Å²) >= 11 is 7.72. The number of nitrogens with zero attached hydrogens (tertiary/aromatic N) is 1. The minimum Gasteiger partial charge on any atom is -0.382 e. The Morgan fingerprint density at radius 3 is 3.13 bits per heavy atom. The molecule has 0 saturated carbocycles. The van der Waals surface area contributed by atoms with E-state index in [-0.39, 0.29) is 0 Å². The fourth-order valence-corrected chi connectivity index (χ4v) is 2.29. The first-order valence-corrected chi connectivity index (χ1v) is 6.04. The Balaban J connectivity index is 2.30. The maximum Gasteiger partial charge on any atom is 0.106 e. The third-order valence-corrected chi connectivity index (χ3v) is 3.24. The van der Waals surface area contributed by atoms with E-state index in [1.165, 1.54) is 0 Å². The van der Waals surface area contributed by atoms with Crippen molar-refractivity contribution in [1.29, 1.82) is 0 Å². The number of anilines is 1. The van der Waals surface area contributed by atoms with Crippen molar-refractivity contribution >= 4 is 38.8 Å². The first-order valence-electron chi connectivity index (χ1n) is 4.78. The van der Waals surface area contributed by atoms with Gasteiger partial charge in [0.2, 0.25) is 0 Å². The lowest BCUT2D eigenvalue weighted by Crippen LogP contribution is -2.08. The third kappa shape index (κ3) is 2.22. The lowest BCUT2D eigenvalue weighted by Gasteiger charge is -2.08. The van der Waals surface area contributed by atoms with Gasteiger partial charge >= 0.3 is 0 Å². The van der Waals surface area contributed by atoms with Crippen molar-refractivity contribution in [1.82, 2.24) is 4.98 Å². The monoisotopic (exact) mass is 241 g/mol. The fourth-order valence-electron chi connectivity index (χ4n) is 1.39. The van der Waals surface area contributed by atoms with Crippen LogP contribution >= 0.6 is 22.9 Å². The van der Waals surface area contributed by atoms with E-state index in [0.717, 1.165) is 28.9 Å². The van der Waals surface area contributed by atoms with Gasteiger partial charge in [-0.1, -0.05) is 11.6 Å². The van der Waals surface area contributed by atoms with Crippen LogP contribution in [-0.4, -0.2) is 18.1 Å². The van der Waals surface area contributed by atoms with Crippen LogP contribution < -0.4 is 11.1 Å². The molecule has 0 atom stereocenters. The first-order chi connectivity index (χ1) is 7.33. The van der Waals surface area contributed by atoms with E-state index in [9.17, 15) is 0 Å². The summed E-state index contributed by atoms with van der Waals surface area (Å²) in [6.07, 6.45) is 0.927. The van der Waals surface area contributed by atoms with Gasteiger partial charge in [0.05, 0.1) is 20.9 Å². The second-order valence-electron chi connectivity index (χ2n) is 3.19. The summed E-state index contributed by atoms with van der Waals surface area (Å²) in [6, 6.07) is 3.89. The van der Waals surface area contributed by atoms with Gasteiger partial charge in [0.25, 0.3) is 0 Å². The Morgan fingerprint density at radius 1 is 1.47 bits per heavy atom. The number of nitrogens with one attached hydrogen (secondary N) is 1. The Kier molecular flexibility index (Phi) is 3.41. The van der Waals surface area contributed by atoms with Crippen LogP contribution in [0.15, 0.2) is 17.6 Å². The standard InChI is InChI=1S/C10H12ClN3S/c11-7-2-3-8-10(14-6-15-8)9(7)13-5-1-4-12/h2-3,6,13H,1,4-5,12H2. The molecule has 1 heterocycles. The summed E-state index contributed by atoms with van der Waals surface area (Å²) in [6.45, 7) is 1.50. The van der Waals surface area contributed by atoms with Gasteiger partial charge in [0.15, 0.2) is 0 Å². The highest BCUT2D eigenvalue weighted by Crippen LogP contribution is 2.31. The van der Waals surface area contributed by atoms with Gasteiger partial charge in [-0.3, -0.25) is 0 Å². The number of halogens is 1. The number of hydrogen-bond acceptors (Lipinski definition) is 4. The Bertz CT molecular complexity index is 455. The molecule has 0 fully saturated rings. The molecule has 15 heavy (non-hydrogen) atoms. The molecule has 2 rings (SSSR count). The lowest BCUT2D eigenvalue weighted by atomic mass is 10.2. The van der Waals surface area contributed by atoms with Crippen LogP contribution in [-0.2, 0) is 0 Å². The number of aromatic nitrogens is 1. The molecule has 0 saturated heterocycles. The molecule has 0 aliphatic carbocycles. The van der Waals surface area contributed by atoms with Gasteiger partial charge in [0, 0.05) is 6.54 Å². The van der Waals surface area contributed by atoms with Gasteiger partial charge < -0.3 is 11.1 Å². The molecule has 3 N–H and O–H groups in total. The third-order valence-electron chi connectivity index (χ3n) is 2.13. The van der Waals surface area contributed by atoms with Crippen LogP contribution in [0.1, 0.15) is 6.42 Å². The van der Waals surface area contributed by atoms with E-state index in [4.69, 9.17) is 17.3 Å². The largest absolute Gasteiger partial charge is 0.382 e. The summed E-state index contributed by atoms with van der Waals surface area (Å²) in [5.74, 6) is 0. The topological polar surface area (TPSA) is 50.9 Å². The summed E-state index contributed by atoms with van der Waals surface area (Å²) in [5.41, 5.74) is 9.13. The van der Waals surface area contributed by atoms with Crippen molar-refractivity contribution in [3.8, 4) is 0 Å². The molecule has 0 spiro atoms. The maximum atomic E-state index is 6.11. The Morgan fingerprint density at radius 2 is 2.33 bits per heavy atom. The molecule has 80 valence electrons. The Labute approximate surface area is 97.3 Å². The van der Waals surface area contributed by atoms with E-state index in [2.05, 4.69) is 10.3 Å². The van der Waals surface area contributed by atoms with Crippen LogP contribution in [0.3, 0.4) is 0 Å². The van der Waals surface area contributed by atoms with Crippen molar-refractivity contribution in [3.63, 3.8) is 0 Å². The molecule has 0 radical (unpaired) electrons. The quantitative estimate of drug-likeness (QED) is 0.810. The van der Waals surface area contributed by atoms with Crippen LogP contribution in [0.2, 0.25) is 5.02 Å². The molecular formula is C10H12ClN3S. The highest BCUT2D eigenvalue weighted by atomic mass is 35.5. The second-order valence-corrected chi connectivity index (χ2v) is 4.48. The zero-order valence-electron chi connectivity index (χ0n) is 8.16. The smallest absolute Gasteiger partial charge is 0.106 e. The van der Waals surface area contributed by atoms with Crippen molar-refractivity contribution in [2.45, 2.75) is 6.42 Å². The summed E-state index contributed by atoms with van der Waals surface area (Å²) in [7, 11) is 0. The van der Waals surface area contributed by atoms with Crippen LogP contribution in [0, 0.1) is 0 Å². The highest BCUT2D eigenvalue weighted by molar-refractivity contribution is 7.16. The molecule has 1 aromatic carbocycles. The number of benzene rings is 1. The van der Waals surface area contributed by atoms with Crippen LogP contribution in [0.25, 0.3) is 10.2 Å². The fraction of sp³-hybridized carbons (Fsp3) is 0.300. The average molecular weight is 242 g/mol. The van der Waals surface area contributed by atoms with E-state index in [1.807, 2.05) is 17.6 Å².